The quantitative estimate of drug-likeness (QED) is 0.764. The molecule has 0 radical (unpaired) electrons. The lowest BCUT2D eigenvalue weighted by molar-refractivity contribution is -0.0402. The third-order valence-corrected chi connectivity index (χ3v) is 4.26. The summed E-state index contributed by atoms with van der Waals surface area (Å²) in [5.74, 6) is 0.949. The highest BCUT2D eigenvalue weighted by Crippen LogP contribution is 2.55. The summed E-state index contributed by atoms with van der Waals surface area (Å²) in [6.07, 6.45) is 0.367. The lowest BCUT2D eigenvalue weighted by Crippen LogP contribution is -2.41. The average molecular weight is 264 g/mol. The van der Waals surface area contributed by atoms with Crippen LogP contribution in [0.5, 0.6) is 11.5 Å². The number of hydrogen-bond acceptors (Lipinski definition) is 4. The van der Waals surface area contributed by atoms with E-state index >= 15 is 0 Å². The van der Waals surface area contributed by atoms with Gasteiger partial charge in [-0.25, -0.2) is 0 Å². The Balaban J connectivity index is 2.09. The summed E-state index contributed by atoms with van der Waals surface area (Å²) >= 11 is 0. The van der Waals surface area contributed by atoms with Gasteiger partial charge in [0.1, 0.15) is 23.2 Å². The van der Waals surface area contributed by atoms with Crippen molar-refractivity contribution < 1.29 is 19.7 Å². The minimum absolute atomic E-state index is 0.0345. The smallest absolute Gasteiger partial charge is 0.129 e. The molecule has 0 spiro atoms. The fraction of sp³-hybridized carbons (Fsp3) is 0.600. The second-order valence-corrected chi connectivity index (χ2v) is 6.34. The molecule has 3 atom stereocenters. The Bertz CT molecular complexity index is 532. The third kappa shape index (κ3) is 1.90. The Hall–Kier alpha value is -1.26. The number of rotatable bonds is 1. The van der Waals surface area contributed by atoms with E-state index < -0.39 is 11.2 Å². The summed E-state index contributed by atoms with van der Waals surface area (Å²) in [5.41, 5.74) is 0.295. The number of ether oxygens (including phenoxy) is 2. The maximum Gasteiger partial charge on any atom is 0.129 e. The maximum absolute atomic E-state index is 10.2. The van der Waals surface area contributed by atoms with Gasteiger partial charge in [-0.3, -0.25) is 0 Å². The van der Waals surface area contributed by atoms with E-state index in [0.29, 0.717) is 12.2 Å². The summed E-state index contributed by atoms with van der Waals surface area (Å²) < 4.78 is 11.8. The normalized spacial score (nSPS) is 32.9. The monoisotopic (exact) mass is 264 g/mol. The zero-order valence-corrected chi connectivity index (χ0v) is 11.7. The first-order chi connectivity index (χ1) is 8.72. The summed E-state index contributed by atoms with van der Waals surface area (Å²) in [6.45, 7) is 7.32. The first-order valence-corrected chi connectivity index (χ1v) is 6.63. The molecule has 19 heavy (non-hydrogen) atoms. The molecule has 2 aliphatic heterocycles. The van der Waals surface area contributed by atoms with Crippen molar-refractivity contribution in [2.75, 3.05) is 0 Å². The van der Waals surface area contributed by atoms with Gasteiger partial charge in [0, 0.05) is 12.0 Å². The molecule has 4 heteroatoms. The van der Waals surface area contributed by atoms with Crippen LogP contribution in [0.25, 0.3) is 0 Å². The second kappa shape index (κ2) is 3.64. The van der Waals surface area contributed by atoms with Crippen LogP contribution in [-0.4, -0.2) is 28.0 Å². The van der Waals surface area contributed by atoms with E-state index in [4.69, 9.17) is 9.47 Å². The number of hydrogen-bond donors (Lipinski definition) is 2. The van der Waals surface area contributed by atoms with E-state index in [0.717, 1.165) is 11.1 Å². The molecule has 2 heterocycles. The predicted molar refractivity (Wildman–Crippen MR) is 70.4 cm³/mol. The van der Waals surface area contributed by atoms with Gasteiger partial charge in [-0.1, -0.05) is 0 Å². The van der Waals surface area contributed by atoms with Crippen LogP contribution in [-0.2, 0) is 10.3 Å². The molecule has 3 rings (SSSR count). The van der Waals surface area contributed by atoms with Crippen LogP contribution < -0.4 is 4.74 Å². The van der Waals surface area contributed by atoms with E-state index in [2.05, 4.69) is 0 Å². The minimum atomic E-state index is -0.930. The van der Waals surface area contributed by atoms with Crippen LogP contribution >= 0.6 is 0 Å². The molecule has 1 aromatic carbocycles. The van der Waals surface area contributed by atoms with Crippen molar-refractivity contribution in [1.82, 2.24) is 0 Å². The molecule has 2 aliphatic rings. The molecule has 0 aliphatic carbocycles. The van der Waals surface area contributed by atoms with Gasteiger partial charge in [0.15, 0.2) is 0 Å². The highest BCUT2D eigenvalue weighted by molar-refractivity contribution is 5.50. The van der Waals surface area contributed by atoms with E-state index in [9.17, 15) is 10.2 Å². The summed E-state index contributed by atoms with van der Waals surface area (Å²) in [7, 11) is 0. The van der Waals surface area contributed by atoms with Gasteiger partial charge in [-0.2, -0.15) is 0 Å². The van der Waals surface area contributed by atoms with Crippen molar-refractivity contribution in [3.63, 3.8) is 0 Å². The third-order valence-electron chi connectivity index (χ3n) is 4.26. The molecule has 2 N–H and O–H groups in total. The molecule has 0 aromatic heterocycles. The van der Waals surface area contributed by atoms with E-state index in [-0.39, 0.29) is 18.0 Å². The molecular formula is C15H20O4. The number of benzene rings is 1. The van der Waals surface area contributed by atoms with Gasteiger partial charge in [-0.15, -0.1) is 0 Å². The highest BCUT2D eigenvalue weighted by atomic mass is 16.6. The van der Waals surface area contributed by atoms with E-state index in [1.165, 1.54) is 0 Å². The molecule has 0 amide bonds. The van der Waals surface area contributed by atoms with Gasteiger partial charge < -0.3 is 19.7 Å². The molecule has 4 nitrogen and oxygen atoms in total. The standard InChI is InChI=1S/C15H20O4/c1-8-5-11-9(6-10(8)16)15(4)13(19-15)7-12(18-11)14(2,3)17/h5-6,12-13,16-17H,7H2,1-4H3. The molecular weight excluding hydrogens is 244 g/mol. The number of phenols is 1. The summed E-state index contributed by atoms with van der Waals surface area (Å²) in [4.78, 5) is 0. The first kappa shape index (κ1) is 12.8. The zero-order chi connectivity index (χ0) is 14.0. The molecule has 0 bridgehead atoms. The van der Waals surface area contributed by atoms with Gasteiger partial charge >= 0.3 is 0 Å². The largest absolute Gasteiger partial charge is 0.508 e. The molecule has 1 fully saturated rings. The Kier molecular flexibility index (Phi) is 2.45. The van der Waals surface area contributed by atoms with Gasteiger partial charge in [0.05, 0.1) is 11.7 Å². The van der Waals surface area contributed by atoms with E-state index in [1.807, 2.05) is 19.9 Å². The maximum atomic E-state index is 10.2. The summed E-state index contributed by atoms with van der Waals surface area (Å²) in [5, 5.41) is 20.1. The molecule has 104 valence electrons. The number of aromatic hydroxyl groups is 1. The Labute approximate surface area is 113 Å². The van der Waals surface area contributed by atoms with Crippen LogP contribution in [0.4, 0.5) is 0 Å². The Morgan fingerprint density at radius 2 is 2.05 bits per heavy atom. The van der Waals surface area contributed by atoms with Crippen LogP contribution in [0, 0.1) is 6.92 Å². The van der Waals surface area contributed by atoms with Crippen LogP contribution in [0.2, 0.25) is 0 Å². The molecule has 0 saturated carbocycles. The second-order valence-electron chi connectivity index (χ2n) is 6.34. The van der Waals surface area contributed by atoms with Crippen molar-refractivity contribution in [2.45, 2.75) is 57.5 Å². The minimum Gasteiger partial charge on any atom is -0.508 e. The van der Waals surface area contributed by atoms with Crippen molar-refractivity contribution in [1.29, 1.82) is 0 Å². The topological polar surface area (TPSA) is 62.2 Å². The van der Waals surface area contributed by atoms with Crippen LogP contribution in [0.15, 0.2) is 12.1 Å². The lowest BCUT2D eigenvalue weighted by atomic mass is 9.91. The van der Waals surface area contributed by atoms with Crippen molar-refractivity contribution in [3.8, 4) is 11.5 Å². The van der Waals surface area contributed by atoms with E-state index in [1.54, 1.807) is 19.9 Å². The van der Waals surface area contributed by atoms with Gasteiger partial charge in [0.25, 0.3) is 0 Å². The first-order valence-electron chi connectivity index (χ1n) is 6.63. The SMILES string of the molecule is Cc1cc2c(cc1O)C1(C)OC1CC(C(C)(C)O)O2. The average Bonchev–Trinajstić information content (AvgIpc) is 2.93. The van der Waals surface area contributed by atoms with Crippen molar-refractivity contribution in [3.05, 3.63) is 23.3 Å². The fourth-order valence-corrected chi connectivity index (χ4v) is 2.76. The van der Waals surface area contributed by atoms with Crippen molar-refractivity contribution in [2.24, 2.45) is 0 Å². The lowest BCUT2D eigenvalue weighted by Gasteiger charge is -2.29. The number of phenolic OH excluding ortho intramolecular Hbond substituents is 1. The predicted octanol–water partition coefficient (Wildman–Crippen LogP) is 2.24. The zero-order valence-electron chi connectivity index (χ0n) is 11.7. The number of epoxide rings is 1. The summed E-state index contributed by atoms with van der Waals surface area (Å²) in [6, 6.07) is 3.54. The number of aliphatic hydroxyl groups is 1. The Morgan fingerprint density at radius 3 is 2.68 bits per heavy atom. The Morgan fingerprint density at radius 1 is 1.37 bits per heavy atom. The number of fused-ring (bicyclic) bond motifs is 3. The van der Waals surface area contributed by atoms with Crippen molar-refractivity contribution >= 4 is 0 Å². The fourth-order valence-electron chi connectivity index (χ4n) is 2.76. The van der Waals surface area contributed by atoms with Gasteiger partial charge in [0.2, 0.25) is 0 Å². The molecule has 1 aromatic rings. The molecule has 3 unspecified atom stereocenters. The number of aryl methyl sites for hydroxylation is 1. The van der Waals surface area contributed by atoms with Crippen LogP contribution in [0.1, 0.15) is 38.3 Å². The van der Waals surface area contributed by atoms with Crippen LogP contribution in [0.3, 0.4) is 0 Å². The molecule has 1 saturated heterocycles. The van der Waals surface area contributed by atoms with Gasteiger partial charge in [-0.05, 0) is 45.4 Å². The highest BCUT2D eigenvalue weighted by Gasteiger charge is 2.59.